The molecule has 1 N–H and O–H groups in total. The van der Waals surface area contributed by atoms with Crippen LogP contribution in [-0.2, 0) is 46.9 Å². The number of rotatable bonds is 0. The van der Waals surface area contributed by atoms with Crippen molar-refractivity contribution in [2.75, 3.05) is 0 Å². The molecular formula is CHO2W2-. The van der Waals surface area contributed by atoms with E-state index in [-0.39, 0.29) is 42.1 Å². The van der Waals surface area contributed by atoms with E-state index >= 15 is 0 Å². The van der Waals surface area contributed by atoms with Gasteiger partial charge in [-0.15, -0.1) is 0 Å². The van der Waals surface area contributed by atoms with E-state index in [1.165, 1.54) is 0 Å². The minimum Gasteiger partial charge on any atom is -0.665 e. The van der Waals surface area contributed by atoms with Crippen LogP contribution in [0.25, 0.3) is 0 Å². The Bertz CT molecular complexity index is 15.1. The summed E-state index contributed by atoms with van der Waals surface area (Å²) in [6.45, 7) is 0.500. The Kier molecular flexibility index (Phi) is 71.3. The second kappa shape index (κ2) is 21.0. The normalized spacial score (nSPS) is 2.40. The van der Waals surface area contributed by atoms with Gasteiger partial charge in [0.2, 0.25) is 0 Å². The van der Waals surface area contributed by atoms with Crippen LogP contribution in [-0.4, -0.2) is 11.6 Å². The summed E-state index contributed by atoms with van der Waals surface area (Å²) >= 11 is 0. The molecule has 0 aliphatic carbocycles. The van der Waals surface area contributed by atoms with Gasteiger partial charge in [0.05, 0.1) is 0 Å². The molecule has 0 rings (SSSR count). The fourth-order valence-electron chi connectivity index (χ4n) is 0. The van der Waals surface area contributed by atoms with Gasteiger partial charge in [0.1, 0.15) is 0 Å². The molecule has 5 heavy (non-hydrogen) atoms. The Morgan fingerprint density at radius 1 is 1.40 bits per heavy atom. The fourth-order valence-corrected chi connectivity index (χ4v) is 0. The number of hydrogen-bond donors (Lipinski definition) is 1. The molecule has 0 bridgehead atoms. The summed E-state index contributed by atoms with van der Waals surface area (Å²) < 4.78 is 0. The monoisotopic (exact) mass is 413 g/mol. The quantitative estimate of drug-likeness (QED) is 0.550. The zero-order valence-electron chi connectivity index (χ0n) is 2.17. The van der Waals surface area contributed by atoms with Crippen molar-refractivity contribution in [3.8, 4) is 0 Å². The summed E-state index contributed by atoms with van der Waals surface area (Å²) in [6.07, 6.45) is 0. The van der Waals surface area contributed by atoms with Crippen molar-refractivity contribution in [3.05, 3.63) is 0 Å². The molecule has 0 spiro atoms. The van der Waals surface area contributed by atoms with Gasteiger partial charge in [-0.1, -0.05) is 6.47 Å². The Labute approximate surface area is 58.5 Å². The zero-order chi connectivity index (χ0) is 2.71. The predicted octanol–water partition coefficient (Wildman–Crippen LogP) is -0.393. The van der Waals surface area contributed by atoms with E-state index in [1.807, 2.05) is 0 Å². The third-order valence-electron chi connectivity index (χ3n) is 0. The molecule has 0 fully saturated rings. The first-order valence-electron chi connectivity index (χ1n) is 0.428. The van der Waals surface area contributed by atoms with Crippen LogP contribution in [0.1, 0.15) is 0 Å². The zero-order valence-corrected chi connectivity index (χ0v) is 8.04. The molecule has 0 radical (unpaired) electrons. The van der Waals surface area contributed by atoms with Crippen LogP contribution in [0.15, 0.2) is 0 Å². The van der Waals surface area contributed by atoms with Gasteiger partial charge in [-0.2, -0.15) is 0 Å². The first-order chi connectivity index (χ1) is 1.41. The third kappa shape index (κ3) is 54.8. The molecule has 0 aromatic carbocycles. The van der Waals surface area contributed by atoms with Gasteiger partial charge in [0, 0.05) is 42.1 Å². The van der Waals surface area contributed by atoms with Gasteiger partial charge in [-0.3, -0.25) is 0 Å². The first kappa shape index (κ1) is 16.9. The van der Waals surface area contributed by atoms with Crippen molar-refractivity contribution in [1.29, 1.82) is 0 Å². The molecule has 0 saturated carbocycles. The summed E-state index contributed by atoms with van der Waals surface area (Å²) in [6, 6.07) is 0. The Hall–Kier alpha value is 0.847. The van der Waals surface area contributed by atoms with Gasteiger partial charge >= 0.3 is 0 Å². The van der Waals surface area contributed by atoms with Crippen LogP contribution < -0.4 is 0 Å². The maximum absolute atomic E-state index is 8.24. The van der Waals surface area contributed by atoms with Crippen molar-refractivity contribution in [2.24, 2.45) is 0 Å². The second-order valence-corrected chi connectivity index (χ2v) is 0.0913. The van der Waals surface area contributed by atoms with Crippen LogP contribution in [0.3, 0.4) is 0 Å². The van der Waals surface area contributed by atoms with Crippen LogP contribution in [0.2, 0.25) is 0 Å². The maximum Gasteiger partial charge on any atom is 0 e. The average Bonchev–Trinajstić information content (AvgIpc) is 0.918. The molecule has 4 heteroatoms. The minimum absolute atomic E-state index is 0. The van der Waals surface area contributed by atoms with Gasteiger partial charge < -0.3 is 9.90 Å². The maximum atomic E-state index is 8.24. The summed E-state index contributed by atoms with van der Waals surface area (Å²) in [5, 5.41) is 6.76. The number of aliphatic hydroxyl groups excluding tert-OH is 1. The fraction of sp³-hybridized carbons (Fsp3) is 0. The molecule has 30 valence electrons. The smallest absolute Gasteiger partial charge is 0 e. The molecular weight excluding hydrogens is 412 g/mol. The standard InChI is InChI=1S/CHO2.2W/c2-1-3;;/h(H,2,3);;/q-1;;. The molecule has 0 unspecified atom stereocenters. The summed E-state index contributed by atoms with van der Waals surface area (Å²) in [5.74, 6) is 0. The summed E-state index contributed by atoms with van der Waals surface area (Å²) in [4.78, 5) is 8.24. The molecule has 0 heterocycles. The van der Waals surface area contributed by atoms with Gasteiger partial charge in [-0.25, -0.2) is 0 Å². The Morgan fingerprint density at radius 2 is 1.40 bits per heavy atom. The molecule has 0 amide bonds. The third-order valence-corrected chi connectivity index (χ3v) is 0. The average molecular weight is 413 g/mol. The van der Waals surface area contributed by atoms with Crippen molar-refractivity contribution < 1.29 is 52.0 Å². The molecule has 0 saturated heterocycles. The van der Waals surface area contributed by atoms with Crippen LogP contribution in [0.5, 0.6) is 0 Å². The van der Waals surface area contributed by atoms with E-state index in [4.69, 9.17) is 9.90 Å². The van der Waals surface area contributed by atoms with Crippen molar-refractivity contribution in [3.63, 3.8) is 0 Å². The Balaban J connectivity index is -0.0000000200. The predicted molar refractivity (Wildman–Crippen MR) is 8.32 cm³/mol. The van der Waals surface area contributed by atoms with Gasteiger partial charge in [0.25, 0.3) is 0 Å². The largest absolute Gasteiger partial charge is 0.665 e. The molecule has 2 nitrogen and oxygen atoms in total. The van der Waals surface area contributed by atoms with Gasteiger partial charge in [-0.05, 0) is 0 Å². The van der Waals surface area contributed by atoms with E-state index in [1.54, 1.807) is 0 Å². The Morgan fingerprint density at radius 3 is 1.40 bits per heavy atom. The molecule has 0 aromatic rings. The molecule has 0 aromatic heterocycles. The second-order valence-electron chi connectivity index (χ2n) is 0.0913. The van der Waals surface area contributed by atoms with E-state index in [2.05, 4.69) is 0 Å². The number of hydrogen-bond acceptors (Lipinski definition) is 1. The van der Waals surface area contributed by atoms with E-state index in [0.29, 0.717) is 6.47 Å². The molecule has 0 aliphatic heterocycles. The SMILES string of the molecule is O=[C-]O.[W].[W]. The van der Waals surface area contributed by atoms with E-state index < -0.39 is 0 Å². The van der Waals surface area contributed by atoms with Crippen LogP contribution in [0.4, 0.5) is 0 Å². The van der Waals surface area contributed by atoms with Crippen molar-refractivity contribution in [1.82, 2.24) is 0 Å². The van der Waals surface area contributed by atoms with Crippen LogP contribution in [0, 0.1) is 0 Å². The van der Waals surface area contributed by atoms with Crippen molar-refractivity contribution in [2.45, 2.75) is 0 Å². The van der Waals surface area contributed by atoms with E-state index in [9.17, 15) is 0 Å². The topological polar surface area (TPSA) is 37.3 Å². The van der Waals surface area contributed by atoms with Crippen molar-refractivity contribution >= 4 is 6.47 Å². The van der Waals surface area contributed by atoms with Gasteiger partial charge in [0.15, 0.2) is 0 Å². The molecule has 0 atom stereocenters. The first-order valence-corrected chi connectivity index (χ1v) is 0.428. The summed E-state index contributed by atoms with van der Waals surface area (Å²) in [7, 11) is 0. The van der Waals surface area contributed by atoms with Crippen LogP contribution >= 0.6 is 0 Å². The minimum atomic E-state index is 0. The summed E-state index contributed by atoms with van der Waals surface area (Å²) in [5.41, 5.74) is 0. The van der Waals surface area contributed by atoms with E-state index in [0.717, 1.165) is 0 Å². The molecule has 0 aliphatic rings.